The van der Waals surface area contributed by atoms with Crippen molar-refractivity contribution >= 4 is 5.69 Å². The van der Waals surface area contributed by atoms with Crippen LogP contribution in [0.5, 0.6) is 0 Å². The van der Waals surface area contributed by atoms with Crippen LogP contribution in [0.2, 0.25) is 0 Å². The van der Waals surface area contributed by atoms with Crippen molar-refractivity contribution in [1.82, 2.24) is 4.57 Å². The number of hydrogen-bond donors (Lipinski definition) is 1. The zero-order chi connectivity index (χ0) is 14.0. The number of nitrogens with one attached hydrogen (secondary N) is 1. The number of rotatable bonds is 4. The van der Waals surface area contributed by atoms with Crippen LogP contribution in [0.3, 0.4) is 0 Å². The van der Waals surface area contributed by atoms with Gasteiger partial charge in [0.05, 0.1) is 5.69 Å². The van der Waals surface area contributed by atoms with Gasteiger partial charge >= 0.3 is 0 Å². The lowest BCUT2D eigenvalue weighted by Crippen LogP contribution is -2.04. The molecule has 0 amide bonds. The predicted molar refractivity (Wildman–Crippen MR) is 78.0 cm³/mol. The summed E-state index contributed by atoms with van der Waals surface area (Å²) in [5, 5.41) is 3.19. The summed E-state index contributed by atoms with van der Waals surface area (Å²) in [6, 6.07) is 7.30. The van der Waals surface area contributed by atoms with Crippen molar-refractivity contribution in [3.05, 3.63) is 52.6 Å². The van der Waals surface area contributed by atoms with Crippen LogP contribution in [0.4, 0.5) is 10.1 Å². The van der Waals surface area contributed by atoms with E-state index in [2.05, 4.69) is 36.7 Å². The number of aryl methyl sites for hydroxylation is 2. The molecule has 3 heteroatoms. The summed E-state index contributed by atoms with van der Waals surface area (Å²) in [6.07, 6.45) is 0. The molecule has 1 N–H and O–H groups in total. The molecule has 0 radical (unpaired) electrons. The van der Waals surface area contributed by atoms with Crippen molar-refractivity contribution in [2.45, 2.75) is 40.8 Å². The summed E-state index contributed by atoms with van der Waals surface area (Å²) < 4.78 is 15.9. The fraction of sp³-hybridized carbons (Fsp3) is 0.375. The van der Waals surface area contributed by atoms with Crippen LogP contribution in [-0.2, 0) is 13.1 Å². The van der Waals surface area contributed by atoms with Crippen LogP contribution < -0.4 is 5.32 Å². The third-order valence-electron chi connectivity index (χ3n) is 3.59. The predicted octanol–water partition coefficient (Wildman–Crippen LogP) is 4.18. The molecule has 1 aromatic carbocycles. The van der Waals surface area contributed by atoms with Crippen LogP contribution in [0.15, 0.2) is 24.3 Å². The molecule has 102 valence electrons. The highest BCUT2D eigenvalue weighted by atomic mass is 19.1. The maximum atomic E-state index is 13.7. The molecule has 2 aromatic rings. The minimum absolute atomic E-state index is 0.199. The van der Waals surface area contributed by atoms with E-state index in [4.69, 9.17) is 0 Å². The Hall–Kier alpha value is -1.77. The Morgan fingerprint density at radius 3 is 2.53 bits per heavy atom. The molecule has 0 atom stereocenters. The molecular formula is C16H21FN2. The average Bonchev–Trinajstić information content (AvgIpc) is 2.65. The molecule has 0 unspecified atom stereocenters. The zero-order valence-electron chi connectivity index (χ0n) is 12.0. The normalized spacial score (nSPS) is 10.8. The molecule has 1 aromatic heterocycles. The molecule has 0 bridgehead atoms. The molecule has 0 spiro atoms. The quantitative estimate of drug-likeness (QED) is 0.872. The van der Waals surface area contributed by atoms with E-state index in [1.165, 1.54) is 23.0 Å². The Kier molecular flexibility index (Phi) is 3.93. The van der Waals surface area contributed by atoms with Gasteiger partial charge in [-0.1, -0.05) is 6.07 Å². The molecule has 0 aliphatic rings. The first kappa shape index (κ1) is 13.7. The van der Waals surface area contributed by atoms with Crippen LogP contribution in [0.25, 0.3) is 0 Å². The minimum Gasteiger partial charge on any atom is -0.379 e. The van der Waals surface area contributed by atoms with Gasteiger partial charge in [-0.15, -0.1) is 0 Å². The van der Waals surface area contributed by atoms with E-state index in [1.54, 1.807) is 6.07 Å². The summed E-state index contributed by atoms with van der Waals surface area (Å²) in [5.41, 5.74) is 5.35. The number of nitrogens with zero attached hydrogens (tertiary/aromatic N) is 1. The molecule has 0 saturated carbocycles. The molecule has 2 nitrogen and oxygen atoms in total. The zero-order valence-corrected chi connectivity index (χ0v) is 12.0. The van der Waals surface area contributed by atoms with Crippen molar-refractivity contribution in [3.8, 4) is 0 Å². The number of hydrogen-bond acceptors (Lipinski definition) is 1. The Morgan fingerprint density at radius 1 is 1.16 bits per heavy atom. The highest BCUT2D eigenvalue weighted by Crippen LogP contribution is 2.19. The number of anilines is 1. The summed E-state index contributed by atoms with van der Waals surface area (Å²) in [6.45, 7) is 9.94. The molecule has 2 rings (SSSR count). The van der Waals surface area contributed by atoms with Gasteiger partial charge in [-0.2, -0.15) is 0 Å². The van der Waals surface area contributed by atoms with Crippen LogP contribution >= 0.6 is 0 Å². The van der Waals surface area contributed by atoms with Crippen molar-refractivity contribution in [2.75, 3.05) is 5.32 Å². The maximum Gasteiger partial charge on any atom is 0.146 e. The lowest BCUT2D eigenvalue weighted by atomic mass is 10.2. The lowest BCUT2D eigenvalue weighted by Gasteiger charge is -2.09. The van der Waals surface area contributed by atoms with Crippen molar-refractivity contribution in [3.63, 3.8) is 0 Å². The van der Waals surface area contributed by atoms with Gasteiger partial charge in [0.25, 0.3) is 0 Å². The standard InChI is InChI=1S/C16H21FN2/c1-5-19-12(3)9-14(13(19)4)10-18-16-8-11(2)6-7-15(16)17/h6-9,18H,5,10H2,1-4H3. The van der Waals surface area contributed by atoms with Crippen molar-refractivity contribution < 1.29 is 4.39 Å². The first-order valence-electron chi connectivity index (χ1n) is 6.68. The molecule has 0 saturated heterocycles. The monoisotopic (exact) mass is 260 g/mol. The van der Waals surface area contributed by atoms with E-state index >= 15 is 0 Å². The second kappa shape index (κ2) is 5.47. The van der Waals surface area contributed by atoms with Gasteiger partial charge in [0.1, 0.15) is 5.82 Å². The highest BCUT2D eigenvalue weighted by Gasteiger charge is 2.08. The Labute approximate surface area is 114 Å². The summed E-state index contributed by atoms with van der Waals surface area (Å²) in [7, 11) is 0. The van der Waals surface area contributed by atoms with E-state index in [9.17, 15) is 4.39 Å². The van der Waals surface area contributed by atoms with Gasteiger partial charge in [0.2, 0.25) is 0 Å². The van der Waals surface area contributed by atoms with Gasteiger partial charge in [-0.25, -0.2) is 4.39 Å². The van der Waals surface area contributed by atoms with E-state index in [-0.39, 0.29) is 5.82 Å². The number of aromatic nitrogens is 1. The van der Waals surface area contributed by atoms with Crippen molar-refractivity contribution in [1.29, 1.82) is 0 Å². The Balaban J connectivity index is 2.17. The van der Waals surface area contributed by atoms with E-state index in [1.807, 2.05) is 13.0 Å². The smallest absolute Gasteiger partial charge is 0.146 e. The summed E-state index contributed by atoms with van der Waals surface area (Å²) in [4.78, 5) is 0. The number of benzene rings is 1. The lowest BCUT2D eigenvalue weighted by molar-refractivity contribution is 0.629. The van der Waals surface area contributed by atoms with Crippen LogP contribution in [0.1, 0.15) is 29.4 Å². The third-order valence-corrected chi connectivity index (χ3v) is 3.59. The van der Waals surface area contributed by atoms with Gasteiger partial charge in [-0.05, 0) is 57.0 Å². The van der Waals surface area contributed by atoms with Gasteiger partial charge in [0, 0.05) is 24.5 Å². The first-order valence-corrected chi connectivity index (χ1v) is 6.68. The van der Waals surface area contributed by atoms with Gasteiger partial charge in [0.15, 0.2) is 0 Å². The van der Waals surface area contributed by atoms with E-state index in [0.717, 1.165) is 12.1 Å². The highest BCUT2D eigenvalue weighted by molar-refractivity contribution is 5.48. The molecule has 0 aliphatic carbocycles. The van der Waals surface area contributed by atoms with E-state index in [0.29, 0.717) is 12.2 Å². The Morgan fingerprint density at radius 2 is 1.89 bits per heavy atom. The summed E-state index contributed by atoms with van der Waals surface area (Å²) in [5.74, 6) is -0.199. The summed E-state index contributed by atoms with van der Waals surface area (Å²) >= 11 is 0. The van der Waals surface area contributed by atoms with Gasteiger partial charge in [-0.3, -0.25) is 0 Å². The molecule has 19 heavy (non-hydrogen) atoms. The fourth-order valence-electron chi connectivity index (χ4n) is 2.50. The second-order valence-corrected chi connectivity index (χ2v) is 4.98. The van der Waals surface area contributed by atoms with Gasteiger partial charge < -0.3 is 9.88 Å². The topological polar surface area (TPSA) is 17.0 Å². The molecule has 0 aliphatic heterocycles. The number of halogens is 1. The first-order chi connectivity index (χ1) is 9.02. The largest absolute Gasteiger partial charge is 0.379 e. The maximum absolute atomic E-state index is 13.7. The Bertz CT molecular complexity index is 585. The fourth-order valence-corrected chi connectivity index (χ4v) is 2.50. The average molecular weight is 260 g/mol. The molecule has 0 fully saturated rings. The second-order valence-electron chi connectivity index (χ2n) is 4.98. The van der Waals surface area contributed by atoms with Crippen LogP contribution in [-0.4, -0.2) is 4.57 Å². The third kappa shape index (κ3) is 2.80. The van der Waals surface area contributed by atoms with Crippen LogP contribution in [0, 0.1) is 26.6 Å². The molecule has 1 heterocycles. The van der Waals surface area contributed by atoms with Crippen molar-refractivity contribution in [2.24, 2.45) is 0 Å². The minimum atomic E-state index is -0.199. The van der Waals surface area contributed by atoms with E-state index < -0.39 is 0 Å². The SMILES string of the molecule is CCn1c(C)cc(CNc2cc(C)ccc2F)c1C. The molecular weight excluding hydrogens is 239 g/mol.